The highest BCUT2D eigenvalue weighted by molar-refractivity contribution is 5.35. The van der Waals surface area contributed by atoms with E-state index in [4.69, 9.17) is 14.6 Å². The van der Waals surface area contributed by atoms with E-state index in [1.54, 1.807) is 6.92 Å². The van der Waals surface area contributed by atoms with Crippen LogP contribution >= 0.6 is 0 Å². The molecule has 1 aliphatic rings. The van der Waals surface area contributed by atoms with Crippen LogP contribution in [0.1, 0.15) is 13.3 Å². The Bertz CT molecular complexity index is 540. The predicted molar refractivity (Wildman–Crippen MR) is 79.3 cm³/mol. The quantitative estimate of drug-likeness (QED) is 0.357. The molecule has 1 fully saturated rings. The minimum atomic E-state index is -1.49. The maximum Gasteiger partial charge on any atom is 0.186 e. The van der Waals surface area contributed by atoms with E-state index in [0.717, 1.165) is 0 Å². The largest absolute Gasteiger partial charge is 0.394 e. The van der Waals surface area contributed by atoms with Gasteiger partial charge in [0.1, 0.15) is 30.5 Å². The van der Waals surface area contributed by atoms with E-state index in [-0.39, 0.29) is 13.0 Å². The highest BCUT2D eigenvalue weighted by atomic mass is 16.7. The number of hydrogen-bond acceptors (Lipinski definition) is 7. The average molecular weight is 324 g/mol. The molecule has 0 aromatic heterocycles. The Balaban J connectivity index is 2.42. The summed E-state index contributed by atoms with van der Waals surface area (Å²) in [5.74, 6) is 14.9. The van der Waals surface area contributed by atoms with E-state index in [1.165, 1.54) is 0 Å². The van der Waals surface area contributed by atoms with Gasteiger partial charge in [-0.25, -0.2) is 0 Å². The lowest BCUT2D eigenvalue weighted by molar-refractivity contribution is -0.301. The van der Waals surface area contributed by atoms with Crippen LogP contribution in [0.25, 0.3) is 0 Å². The van der Waals surface area contributed by atoms with Gasteiger partial charge in [-0.15, -0.1) is 0 Å². The second-order valence-electron chi connectivity index (χ2n) is 4.77. The van der Waals surface area contributed by atoms with Gasteiger partial charge in [0.15, 0.2) is 6.29 Å². The fraction of sp³-hybridized carbons (Fsp3) is 0.625. The molecule has 5 N–H and O–H groups in total. The highest BCUT2D eigenvalue weighted by Crippen LogP contribution is 2.22. The Morgan fingerprint density at radius 3 is 2.39 bits per heavy atom. The van der Waals surface area contributed by atoms with Crippen molar-refractivity contribution in [3.8, 4) is 35.5 Å². The summed E-state index contributed by atoms with van der Waals surface area (Å²) in [6.07, 6.45) is -7.49. The smallest absolute Gasteiger partial charge is 0.186 e. The van der Waals surface area contributed by atoms with Crippen molar-refractivity contribution in [2.45, 2.75) is 50.2 Å². The molecule has 0 aromatic rings. The molecule has 0 aliphatic carbocycles. The minimum Gasteiger partial charge on any atom is -0.394 e. The number of aliphatic hydroxyl groups is 5. The number of aliphatic hydroxyl groups excluding tert-OH is 5. The second-order valence-corrected chi connectivity index (χ2v) is 4.77. The number of rotatable bonds is 5. The standard InChI is InChI=1S/C16H20O7/c1-2-3-4-5-6-7-11(18)8-9-22-16-15(21)14(20)13(19)12(10-17)23-16/h11-21H,8-10H2,1H3/t11-,12+,13+,14-,15+,16+/m0/s1. The van der Waals surface area contributed by atoms with Gasteiger partial charge in [-0.3, -0.25) is 0 Å². The van der Waals surface area contributed by atoms with Gasteiger partial charge in [-0.05, 0) is 30.6 Å². The highest BCUT2D eigenvalue weighted by Gasteiger charge is 2.43. The summed E-state index contributed by atoms with van der Waals surface area (Å²) in [7, 11) is 0. The van der Waals surface area contributed by atoms with Crippen LogP contribution in [0.2, 0.25) is 0 Å². The van der Waals surface area contributed by atoms with E-state index in [1.807, 2.05) is 0 Å². The van der Waals surface area contributed by atoms with E-state index < -0.39 is 43.4 Å². The van der Waals surface area contributed by atoms with Crippen molar-refractivity contribution < 1.29 is 35.0 Å². The van der Waals surface area contributed by atoms with Crippen LogP contribution in [0.4, 0.5) is 0 Å². The molecule has 0 bridgehead atoms. The molecule has 0 aromatic carbocycles. The zero-order chi connectivity index (χ0) is 17.2. The zero-order valence-corrected chi connectivity index (χ0v) is 12.6. The third-order valence-electron chi connectivity index (χ3n) is 3.07. The lowest BCUT2D eigenvalue weighted by Crippen LogP contribution is -2.59. The van der Waals surface area contributed by atoms with Crippen molar-refractivity contribution in [1.82, 2.24) is 0 Å². The van der Waals surface area contributed by atoms with Crippen molar-refractivity contribution in [3.63, 3.8) is 0 Å². The SMILES string of the molecule is CC#CC#CC#C[C@H](O)CCO[C@@H]1O[C@H](CO)[C@@H](O)[C@H](O)[C@H]1O. The maximum absolute atomic E-state index is 9.75. The third kappa shape index (κ3) is 6.19. The number of ether oxygens (including phenoxy) is 2. The van der Waals surface area contributed by atoms with Gasteiger partial charge >= 0.3 is 0 Å². The topological polar surface area (TPSA) is 120 Å². The maximum atomic E-state index is 9.75. The summed E-state index contributed by atoms with van der Waals surface area (Å²) >= 11 is 0. The summed E-state index contributed by atoms with van der Waals surface area (Å²) in [6.45, 7) is 1.10. The van der Waals surface area contributed by atoms with Crippen LogP contribution in [0.15, 0.2) is 0 Å². The van der Waals surface area contributed by atoms with Crippen LogP contribution in [0.3, 0.4) is 0 Å². The van der Waals surface area contributed by atoms with Gasteiger partial charge in [0.2, 0.25) is 0 Å². The molecule has 7 heteroatoms. The van der Waals surface area contributed by atoms with Crippen molar-refractivity contribution >= 4 is 0 Å². The first-order valence-corrected chi connectivity index (χ1v) is 7.03. The molecule has 1 saturated heterocycles. The van der Waals surface area contributed by atoms with Crippen LogP contribution < -0.4 is 0 Å². The Labute approximate surface area is 134 Å². The molecular formula is C16H20O7. The molecule has 0 saturated carbocycles. The van der Waals surface area contributed by atoms with Gasteiger partial charge in [0.05, 0.1) is 13.2 Å². The molecule has 1 rings (SSSR count). The molecule has 23 heavy (non-hydrogen) atoms. The first-order chi connectivity index (χ1) is 11.0. The van der Waals surface area contributed by atoms with Gasteiger partial charge in [0, 0.05) is 6.42 Å². The Morgan fingerprint density at radius 1 is 1.04 bits per heavy atom. The molecule has 1 heterocycles. The van der Waals surface area contributed by atoms with Gasteiger partial charge in [0.25, 0.3) is 0 Å². The monoisotopic (exact) mass is 324 g/mol. The molecule has 0 spiro atoms. The van der Waals surface area contributed by atoms with Crippen LogP contribution in [0, 0.1) is 35.5 Å². The van der Waals surface area contributed by atoms with Crippen molar-refractivity contribution in [2.75, 3.05) is 13.2 Å². The van der Waals surface area contributed by atoms with Crippen LogP contribution in [-0.2, 0) is 9.47 Å². The average Bonchev–Trinajstić information content (AvgIpc) is 2.54. The molecule has 0 radical (unpaired) electrons. The van der Waals surface area contributed by atoms with Crippen LogP contribution in [-0.4, -0.2) is 75.6 Å². The Hall–Kier alpha value is -1.60. The zero-order valence-electron chi connectivity index (χ0n) is 12.6. The Morgan fingerprint density at radius 2 is 1.74 bits per heavy atom. The van der Waals surface area contributed by atoms with Gasteiger partial charge < -0.3 is 35.0 Å². The van der Waals surface area contributed by atoms with Crippen molar-refractivity contribution in [1.29, 1.82) is 0 Å². The van der Waals surface area contributed by atoms with Gasteiger partial charge in [-0.1, -0.05) is 11.8 Å². The summed E-state index contributed by atoms with van der Waals surface area (Å²) < 4.78 is 10.4. The molecule has 0 amide bonds. The number of hydrogen-bond donors (Lipinski definition) is 5. The summed E-state index contributed by atoms with van der Waals surface area (Å²) in [6, 6.07) is 0. The van der Waals surface area contributed by atoms with E-state index in [2.05, 4.69) is 35.5 Å². The van der Waals surface area contributed by atoms with E-state index in [9.17, 15) is 20.4 Å². The third-order valence-corrected chi connectivity index (χ3v) is 3.07. The van der Waals surface area contributed by atoms with Crippen LogP contribution in [0.5, 0.6) is 0 Å². The summed E-state index contributed by atoms with van der Waals surface area (Å²) in [5, 5.41) is 47.6. The lowest BCUT2D eigenvalue weighted by Gasteiger charge is -2.39. The summed E-state index contributed by atoms with van der Waals surface area (Å²) in [5.41, 5.74) is 0. The molecular weight excluding hydrogens is 304 g/mol. The first-order valence-electron chi connectivity index (χ1n) is 7.03. The van der Waals surface area contributed by atoms with Crippen molar-refractivity contribution in [2.24, 2.45) is 0 Å². The molecule has 7 nitrogen and oxygen atoms in total. The summed E-state index contributed by atoms with van der Waals surface area (Å²) in [4.78, 5) is 0. The fourth-order valence-electron chi connectivity index (χ4n) is 1.82. The lowest BCUT2D eigenvalue weighted by atomic mass is 9.99. The Kier molecular flexibility index (Phi) is 8.65. The predicted octanol–water partition coefficient (Wildman–Crippen LogP) is -2.42. The molecule has 6 atom stereocenters. The molecule has 126 valence electrons. The molecule has 0 unspecified atom stereocenters. The minimum absolute atomic E-state index is 0.0132. The van der Waals surface area contributed by atoms with E-state index in [0.29, 0.717) is 0 Å². The second kappa shape index (κ2) is 10.2. The normalized spacial score (nSPS) is 30.8. The first kappa shape index (κ1) is 19.4. The molecule has 1 aliphatic heterocycles. The fourth-order valence-corrected chi connectivity index (χ4v) is 1.82. The van der Waals surface area contributed by atoms with Gasteiger partial charge in [-0.2, -0.15) is 0 Å². The van der Waals surface area contributed by atoms with Crippen molar-refractivity contribution in [3.05, 3.63) is 0 Å². The van der Waals surface area contributed by atoms with E-state index >= 15 is 0 Å².